The van der Waals surface area contributed by atoms with Crippen LogP contribution in [0.2, 0.25) is 0 Å². The number of aryl methyl sites for hydroxylation is 2. The Hall–Kier alpha value is -2.38. The highest BCUT2D eigenvalue weighted by atomic mass is 16.5. The van der Waals surface area contributed by atoms with E-state index < -0.39 is 0 Å². The molecular formula is C11H17N7O. The first-order valence-electron chi connectivity index (χ1n) is 5.83. The lowest BCUT2D eigenvalue weighted by atomic mass is 10.3. The van der Waals surface area contributed by atoms with Crippen LogP contribution in [0.4, 0.5) is 11.9 Å². The van der Waals surface area contributed by atoms with Gasteiger partial charge in [-0.05, 0) is 6.92 Å². The van der Waals surface area contributed by atoms with E-state index in [0.29, 0.717) is 18.4 Å². The highest BCUT2D eigenvalue weighted by Crippen LogP contribution is 2.12. The molecule has 0 saturated carbocycles. The van der Waals surface area contributed by atoms with E-state index in [9.17, 15) is 0 Å². The number of nitrogens with zero attached hydrogens (tertiary/aromatic N) is 5. The zero-order chi connectivity index (χ0) is 13.8. The van der Waals surface area contributed by atoms with Gasteiger partial charge in [-0.15, -0.1) is 0 Å². The first kappa shape index (κ1) is 13.1. The van der Waals surface area contributed by atoms with Crippen LogP contribution in [0.5, 0.6) is 6.01 Å². The van der Waals surface area contributed by atoms with E-state index in [2.05, 4.69) is 30.7 Å². The van der Waals surface area contributed by atoms with Crippen molar-refractivity contribution in [3.63, 3.8) is 0 Å². The van der Waals surface area contributed by atoms with Crippen molar-refractivity contribution < 1.29 is 4.74 Å². The predicted octanol–water partition coefficient (Wildman–Crippen LogP) is 0.576. The van der Waals surface area contributed by atoms with Crippen molar-refractivity contribution in [2.45, 2.75) is 13.5 Å². The molecule has 0 aliphatic heterocycles. The Kier molecular flexibility index (Phi) is 3.79. The van der Waals surface area contributed by atoms with E-state index in [0.717, 1.165) is 11.3 Å². The van der Waals surface area contributed by atoms with Gasteiger partial charge in [0, 0.05) is 32.4 Å². The van der Waals surface area contributed by atoms with E-state index in [1.165, 1.54) is 7.11 Å². The van der Waals surface area contributed by atoms with E-state index in [1.807, 2.05) is 20.2 Å². The number of methoxy groups -OCH3 is 1. The van der Waals surface area contributed by atoms with E-state index in [4.69, 9.17) is 4.74 Å². The Balaban J connectivity index is 2.12. The van der Waals surface area contributed by atoms with Gasteiger partial charge in [-0.3, -0.25) is 4.68 Å². The van der Waals surface area contributed by atoms with Gasteiger partial charge in [-0.2, -0.15) is 20.1 Å². The molecule has 0 aliphatic carbocycles. The van der Waals surface area contributed by atoms with Crippen LogP contribution in [0.15, 0.2) is 6.20 Å². The molecule has 8 nitrogen and oxygen atoms in total. The third-order valence-corrected chi connectivity index (χ3v) is 2.57. The van der Waals surface area contributed by atoms with Crippen molar-refractivity contribution in [1.29, 1.82) is 0 Å². The monoisotopic (exact) mass is 263 g/mol. The Bertz CT molecular complexity index is 544. The topological polar surface area (TPSA) is 89.8 Å². The summed E-state index contributed by atoms with van der Waals surface area (Å²) in [6.45, 7) is 2.56. The molecule has 102 valence electrons. The van der Waals surface area contributed by atoms with Crippen LogP contribution in [0.1, 0.15) is 11.3 Å². The Labute approximate surface area is 111 Å². The number of hydrogen-bond acceptors (Lipinski definition) is 7. The molecule has 0 bridgehead atoms. The fraction of sp³-hybridized carbons (Fsp3) is 0.455. The summed E-state index contributed by atoms with van der Waals surface area (Å²) in [5.41, 5.74) is 2.07. The van der Waals surface area contributed by atoms with Crippen LogP contribution in [0, 0.1) is 6.92 Å². The summed E-state index contributed by atoms with van der Waals surface area (Å²) in [5, 5.41) is 10.3. The third kappa shape index (κ3) is 3.09. The normalized spacial score (nSPS) is 10.3. The molecule has 0 radical (unpaired) electrons. The van der Waals surface area contributed by atoms with Crippen molar-refractivity contribution in [1.82, 2.24) is 24.7 Å². The van der Waals surface area contributed by atoms with Crippen molar-refractivity contribution in [3.05, 3.63) is 17.5 Å². The first-order chi connectivity index (χ1) is 9.12. The highest BCUT2D eigenvalue weighted by molar-refractivity contribution is 5.36. The van der Waals surface area contributed by atoms with Gasteiger partial charge < -0.3 is 15.4 Å². The maximum Gasteiger partial charge on any atom is 0.322 e. The molecule has 8 heteroatoms. The zero-order valence-electron chi connectivity index (χ0n) is 11.4. The molecule has 2 heterocycles. The van der Waals surface area contributed by atoms with Crippen LogP contribution in [-0.2, 0) is 13.6 Å². The van der Waals surface area contributed by atoms with Gasteiger partial charge in [-0.1, -0.05) is 0 Å². The molecule has 0 aliphatic rings. The second-order valence-corrected chi connectivity index (χ2v) is 3.99. The fourth-order valence-corrected chi connectivity index (χ4v) is 1.64. The number of aromatic nitrogens is 5. The van der Waals surface area contributed by atoms with Crippen molar-refractivity contribution in [2.75, 3.05) is 24.8 Å². The lowest BCUT2D eigenvalue weighted by molar-refractivity contribution is 0.379. The SMILES string of the molecule is CNc1nc(NCc2cn(C)nc2C)nc(OC)n1. The van der Waals surface area contributed by atoms with Crippen molar-refractivity contribution in [2.24, 2.45) is 7.05 Å². The first-order valence-corrected chi connectivity index (χ1v) is 5.83. The summed E-state index contributed by atoms with van der Waals surface area (Å²) in [5.74, 6) is 0.914. The van der Waals surface area contributed by atoms with Crippen LogP contribution in [-0.4, -0.2) is 38.9 Å². The van der Waals surface area contributed by atoms with E-state index in [-0.39, 0.29) is 6.01 Å². The van der Waals surface area contributed by atoms with Crippen LogP contribution in [0.3, 0.4) is 0 Å². The lowest BCUT2D eigenvalue weighted by Gasteiger charge is -2.07. The van der Waals surface area contributed by atoms with Crippen molar-refractivity contribution >= 4 is 11.9 Å². The standard InChI is InChI=1S/C11H17N7O/c1-7-8(6-18(3)17-7)5-13-10-14-9(12-2)15-11(16-10)19-4/h6H,5H2,1-4H3,(H2,12,13,14,15,16). The summed E-state index contributed by atoms with van der Waals surface area (Å²) < 4.78 is 6.80. The van der Waals surface area contributed by atoms with Gasteiger partial charge >= 0.3 is 6.01 Å². The number of ether oxygens (including phenoxy) is 1. The maximum atomic E-state index is 5.02. The van der Waals surface area contributed by atoms with Gasteiger partial charge in [0.25, 0.3) is 0 Å². The van der Waals surface area contributed by atoms with E-state index >= 15 is 0 Å². The van der Waals surface area contributed by atoms with Crippen LogP contribution < -0.4 is 15.4 Å². The average molecular weight is 263 g/mol. The Morgan fingerprint density at radius 2 is 2.00 bits per heavy atom. The Morgan fingerprint density at radius 1 is 1.26 bits per heavy atom. The molecule has 0 atom stereocenters. The summed E-state index contributed by atoms with van der Waals surface area (Å²) in [7, 11) is 5.15. The Morgan fingerprint density at radius 3 is 2.58 bits per heavy atom. The molecule has 0 amide bonds. The largest absolute Gasteiger partial charge is 0.467 e. The molecule has 0 fully saturated rings. The maximum absolute atomic E-state index is 5.02. The minimum absolute atomic E-state index is 0.268. The summed E-state index contributed by atoms with van der Waals surface area (Å²) in [4.78, 5) is 12.4. The predicted molar refractivity (Wildman–Crippen MR) is 71.2 cm³/mol. The molecule has 2 rings (SSSR count). The van der Waals surface area contributed by atoms with E-state index in [1.54, 1.807) is 11.7 Å². The molecule has 0 saturated heterocycles. The van der Waals surface area contributed by atoms with Crippen LogP contribution >= 0.6 is 0 Å². The van der Waals surface area contributed by atoms with Crippen LogP contribution in [0.25, 0.3) is 0 Å². The lowest BCUT2D eigenvalue weighted by Crippen LogP contribution is -2.08. The summed E-state index contributed by atoms with van der Waals surface area (Å²) in [6, 6.07) is 0.268. The molecule has 2 aromatic heterocycles. The molecule has 2 aromatic rings. The number of anilines is 2. The minimum Gasteiger partial charge on any atom is -0.467 e. The average Bonchev–Trinajstić information content (AvgIpc) is 2.74. The molecule has 0 unspecified atom stereocenters. The van der Waals surface area contributed by atoms with Gasteiger partial charge in [-0.25, -0.2) is 0 Å². The fourth-order valence-electron chi connectivity index (χ4n) is 1.64. The molecule has 0 aromatic carbocycles. The van der Waals surface area contributed by atoms with Crippen molar-refractivity contribution in [3.8, 4) is 6.01 Å². The molecular weight excluding hydrogens is 246 g/mol. The van der Waals surface area contributed by atoms with Gasteiger partial charge in [0.1, 0.15) is 0 Å². The molecule has 2 N–H and O–H groups in total. The third-order valence-electron chi connectivity index (χ3n) is 2.57. The van der Waals surface area contributed by atoms with Gasteiger partial charge in [0.05, 0.1) is 12.8 Å². The summed E-state index contributed by atoms with van der Waals surface area (Å²) in [6.07, 6.45) is 1.96. The molecule has 19 heavy (non-hydrogen) atoms. The smallest absolute Gasteiger partial charge is 0.322 e. The second kappa shape index (κ2) is 5.51. The number of nitrogens with one attached hydrogen (secondary N) is 2. The van der Waals surface area contributed by atoms with Gasteiger partial charge in [0.15, 0.2) is 0 Å². The number of rotatable bonds is 5. The number of hydrogen-bond donors (Lipinski definition) is 2. The second-order valence-electron chi connectivity index (χ2n) is 3.99. The summed E-state index contributed by atoms with van der Waals surface area (Å²) >= 11 is 0. The van der Waals surface area contributed by atoms with Gasteiger partial charge in [0.2, 0.25) is 11.9 Å². The highest BCUT2D eigenvalue weighted by Gasteiger charge is 2.07. The quantitative estimate of drug-likeness (QED) is 0.815. The zero-order valence-corrected chi connectivity index (χ0v) is 11.4. The molecule has 0 spiro atoms. The minimum atomic E-state index is 0.268.